The Kier molecular flexibility index (Phi) is 10.5. The van der Waals surface area contributed by atoms with Crippen LogP contribution in [0.5, 0.6) is 11.5 Å². The van der Waals surface area contributed by atoms with E-state index in [1.54, 1.807) is 18.2 Å². The highest BCUT2D eigenvalue weighted by Crippen LogP contribution is 2.53. The Labute approximate surface area is 501 Å². The van der Waals surface area contributed by atoms with Crippen molar-refractivity contribution in [3.8, 4) is 50.7 Å². The molecule has 0 N–H and O–H groups in total. The van der Waals surface area contributed by atoms with Gasteiger partial charge in [-0.25, -0.2) is 4.98 Å². The van der Waals surface area contributed by atoms with Gasteiger partial charge < -0.3 is 14.5 Å². The molecule has 3 heterocycles. The summed E-state index contributed by atoms with van der Waals surface area (Å²) in [5, 5.41) is 7.00. The fourth-order valence-electron chi connectivity index (χ4n) is 12.4. The van der Waals surface area contributed by atoms with E-state index in [4.69, 9.17) is 17.9 Å². The largest absolute Gasteiger partial charge is 0.457 e. The summed E-state index contributed by atoms with van der Waals surface area (Å²) in [6.45, 7) is 8.58. The molecule has 1 aliphatic heterocycles. The maximum atomic E-state index is 9.28. The maximum Gasteiger partial charge on any atom is 0.179 e. The summed E-state index contributed by atoms with van der Waals surface area (Å²) in [7, 11) is -3.02. The normalized spacial score (nSPS) is 15.1. The monoisotopic (exact) mass is 1100 g/mol. The molecule has 0 saturated carbocycles. The van der Waals surface area contributed by atoms with E-state index in [0.717, 1.165) is 50.0 Å². The molecule has 6 heteroatoms. The second-order valence-electron chi connectivity index (χ2n) is 22.0. The molecule has 1 aliphatic rings. The van der Waals surface area contributed by atoms with E-state index in [1.807, 2.05) is 66.6 Å². The van der Waals surface area contributed by atoms with Gasteiger partial charge in [-0.1, -0.05) is 251 Å². The zero-order valence-corrected chi connectivity index (χ0v) is 47.3. The van der Waals surface area contributed by atoms with Crippen LogP contribution in [-0.4, -0.2) is 23.8 Å². The molecule has 0 bridgehead atoms. The number of fused-ring (bicyclic) bond motifs is 4. The Morgan fingerprint density at radius 1 is 0.458 bits per heavy atom. The van der Waals surface area contributed by atoms with Crippen molar-refractivity contribution in [2.75, 3.05) is 9.80 Å². The van der Waals surface area contributed by atoms with Crippen LogP contribution in [0.4, 0.5) is 22.7 Å². The average molecular weight is 1100 g/mol. The van der Waals surface area contributed by atoms with Crippen molar-refractivity contribution in [2.45, 2.75) is 39.3 Å². The third-order valence-electron chi connectivity index (χ3n) is 16.1. The summed E-state index contributed by atoms with van der Waals surface area (Å²) in [6.07, 6.45) is 1.21. The molecule has 0 saturated heterocycles. The molecule has 0 radical (unpaired) electrons. The molecule has 2 aromatic heterocycles. The first kappa shape index (κ1) is 41.1. The molecule has 13 aromatic rings. The van der Waals surface area contributed by atoms with Gasteiger partial charge in [0.1, 0.15) is 23.5 Å². The van der Waals surface area contributed by atoms with Gasteiger partial charge in [0.15, 0.2) is 8.07 Å². The van der Waals surface area contributed by atoms with Crippen LogP contribution >= 0.6 is 0 Å². The highest BCUT2D eigenvalue weighted by atomic mass is 28.3. The topological polar surface area (TPSA) is 33.5 Å². The minimum absolute atomic E-state index is 0.105. The quantitative estimate of drug-likeness (QED) is 0.0902. The molecular formula is C77H62N4OSi. The number of rotatable bonds is 12. The smallest absolute Gasteiger partial charge is 0.179 e. The van der Waals surface area contributed by atoms with E-state index >= 15 is 0 Å². The maximum absolute atomic E-state index is 9.28. The van der Waals surface area contributed by atoms with Crippen LogP contribution in [0.1, 0.15) is 47.0 Å². The predicted molar refractivity (Wildman–Crippen MR) is 350 cm³/mol. The standard InChI is InChI=1S/C77H62N4OSi/c1-54-79(71-45-22-23-46-72(71)80(54)76-65(55-27-10-5-11-28-55)42-26-43-66(76)56-29-12-6-13-30-56)59-32-25-33-60(51-59)82-74-53-73-69(67-41-20-21-44-70(67)81(73)75-50-58(47-48-78-75)77(2,3)4)52-68(74)57-31-24-40-64(49-57)83(61-34-14-7-15-35-61,62-36-16-8-17-37-62)63-38-18-9-19-39-63/h5-54H,1-4H3/i5D,6D,10D,11D,12D,13D,27D,28D,29D,30D. The fourth-order valence-corrected chi connectivity index (χ4v) is 17.2. The third kappa shape index (κ3) is 9.00. The van der Waals surface area contributed by atoms with Crippen LogP contribution in [0.3, 0.4) is 0 Å². The molecule has 400 valence electrons. The zero-order valence-electron chi connectivity index (χ0n) is 56.3. The van der Waals surface area contributed by atoms with Crippen LogP contribution in [0.2, 0.25) is 0 Å². The van der Waals surface area contributed by atoms with Crippen molar-refractivity contribution in [3.05, 3.63) is 303 Å². The summed E-state index contributed by atoms with van der Waals surface area (Å²) in [5.74, 6) is 1.88. The summed E-state index contributed by atoms with van der Waals surface area (Å²) in [5.41, 5.74) is 7.27. The lowest BCUT2D eigenvalue weighted by Crippen LogP contribution is -2.74. The van der Waals surface area contributed by atoms with E-state index in [9.17, 15) is 5.48 Å². The number of pyridine rings is 1. The van der Waals surface area contributed by atoms with Gasteiger partial charge in [-0.05, 0) is 104 Å². The number of benzene rings is 11. The Bertz CT molecular complexity index is 4880. The molecule has 1 unspecified atom stereocenters. The van der Waals surface area contributed by atoms with Crippen molar-refractivity contribution in [2.24, 2.45) is 0 Å². The number of hydrogen-bond donors (Lipinski definition) is 0. The van der Waals surface area contributed by atoms with Crippen molar-refractivity contribution in [3.63, 3.8) is 0 Å². The molecule has 0 aliphatic carbocycles. The van der Waals surface area contributed by atoms with E-state index < -0.39 is 74.7 Å². The molecule has 5 nitrogen and oxygen atoms in total. The lowest BCUT2D eigenvalue weighted by molar-refractivity contribution is 0.485. The molecule has 1 atom stereocenters. The predicted octanol–water partition coefficient (Wildman–Crippen LogP) is 17.3. The van der Waals surface area contributed by atoms with Crippen LogP contribution in [-0.2, 0) is 5.41 Å². The lowest BCUT2D eigenvalue weighted by atomic mass is 9.88. The molecule has 11 aromatic carbocycles. The summed E-state index contributed by atoms with van der Waals surface area (Å²) in [4.78, 5) is 9.12. The van der Waals surface area contributed by atoms with Crippen molar-refractivity contribution >= 4 is 73.4 Å². The van der Waals surface area contributed by atoms with Gasteiger partial charge in [0, 0.05) is 51.5 Å². The van der Waals surface area contributed by atoms with Crippen molar-refractivity contribution in [1.29, 1.82) is 0 Å². The first-order valence-corrected chi connectivity index (χ1v) is 29.9. The van der Waals surface area contributed by atoms with Crippen LogP contribution in [0.25, 0.3) is 61.0 Å². The van der Waals surface area contributed by atoms with Gasteiger partial charge in [-0.15, -0.1) is 0 Å². The van der Waals surface area contributed by atoms with Crippen LogP contribution in [0, 0.1) is 0 Å². The summed E-state index contributed by atoms with van der Waals surface area (Å²) in [6, 6.07) is 74.0. The number of hydrogen-bond acceptors (Lipinski definition) is 4. The number of para-hydroxylation sites is 4. The van der Waals surface area contributed by atoms with E-state index in [1.165, 1.54) is 20.7 Å². The van der Waals surface area contributed by atoms with Gasteiger partial charge in [0.05, 0.1) is 41.8 Å². The SMILES string of the molecule is [2H]c1c([2H])c([2H])c(-c2cccc(-c3c([2H])c([2H])c([2H])c([2H])c3[2H])c2N2c3ccccc3N(c3cccc(Oc4cc5c(cc4-c4cccc([Si](c6ccccc6)(c6ccccc6)c6ccccc6)c4)c4ccccc4n5-c4cc(C(C)(C)C)ccn4)c3)C2C)c([2H])c1[2H]. The first-order chi connectivity index (χ1) is 44.9. The van der Waals surface area contributed by atoms with E-state index in [0.29, 0.717) is 22.9 Å². The van der Waals surface area contributed by atoms with Gasteiger partial charge >= 0.3 is 0 Å². The minimum Gasteiger partial charge on any atom is -0.457 e. The molecule has 0 fully saturated rings. The number of nitrogens with zero attached hydrogens (tertiary/aromatic N) is 4. The van der Waals surface area contributed by atoms with E-state index in [2.05, 4.69) is 194 Å². The fraction of sp³-hybridized carbons (Fsp3) is 0.0779. The van der Waals surface area contributed by atoms with E-state index in [-0.39, 0.29) is 33.4 Å². The second-order valence-corrected chi connectivity index (χ2v) is 25.8. The number of ether oxygens (including phenoxy) is 1. The molecule has 83 heavy (non-hydrogen) atoms. The van der Waals surface area contributed by atoms with Crippen molar-refractivity contribution in [1.82, 2.24) is 9.55 Å². The van der Waals surface area contributed by atoms with Gasteiger partial charge in [0.25, 0.3) is 0 Å². The Morgan fingerprint density at radius 3 is 1.64 bits per heavy atom. The minimum atomic E-state index is -3.02. The summed E-state index contributed by atoms with van der Waals surface area (Å²) < 4.78 is 99.0. The van der Waals surface area contributed by atoms with Gasteiger partial charge in [0.2, 0.25) is 0 Å². The van der Waals surface area contributed by atoms with Crippen LogP contribution in [0.15, 0.2) is 297 Å². The Balaban J connectivity index is 0.971. The first-order valence-electron chi connectivity index (χ1n) is 32.9. The molecular weight excluding hydrogens is 1020 g/mol. The summed E-state index contributed by atoms with van der Waals surface area (Å²) >= 11 is 0. The molecule has 14 rings (SSSR count). The zero-order chi connectivity index (χ0) is 64.8. The molecule has 0 amide bonds. The third-order valence-corrected chi connectivity index (χ3v) is 20.9. The number of anilines is 4. The van der Waals surface area contributed by atoms with Gasteiger partial charge in [-0.2, -0.15) is 0 Å². The highest BCUT2D eigenvalue weighted by molar-refractivity contribution is 7.19. The molecule has 0 spiro atoms. The van der Waals surface area contributed by atoms with Crippen LogP contribution < -0.4 is 35.3 Å². The average Bonchev–Trinajstić information content (AvgIpc) is 1.69. The number of aromatic nitrogens is 2. The second kappa shape index (κ2) is 21.1. The Hall–Kier alpha value is -10.0. The highest BCUT2D eigenvalue weighted by Gasteiger charge is 2.42. The Morgan fingerprint density at radius 2 is 1.01 bits per heavy atom. The van der Waals surface area contributed by atoms with Gasteiger partial charge in [-0.3, -0.25) is 4.57 Å². The van der Waals surface area contributed by atoms with Crippen molar-refractivity contribution < 1.29 is 18.4 Å². The lowest BCUT2D eigenvalue weighted by Gasteiger charge is -2.34.